The van der Waals surface area contributed by atoms with Crippen LogP contribution in [-0.4, -0.2) is 21.6 Å². The molecule has 0 bridgehead atoms. The molecule has 0 saturated heterocycles. The van der Waals surface area contributed by atoms with Crippen molar-refractivity contribution in [3.8, 4) is 0 Å². The molecule has 6 heteroatoms. The van der Waals surface area contributed by atoms with Gasteiger partial charge in [-0.15, -0.1) is 0 Å². The fraction of sp³-hybridized carbons (Fsp3) is 0.615. The molecule has 0 nitrogen and oxygen atoms in total. The van der Waals surface area contributed by atoms with Gasteiger partial charge < -0.3 is 0 Å². The summed E-state index contributed by atoms with van der Waals surface area (Å²) in [5.41, 5.74) is 3.34. The van der Waals surface area contributed by atoms with Crippen molar-refractivity contribution in [2.75, 3.05) is 0 Å². The van der Waals surface area contributed by atoms with Crippen molar-refractivity contribution in [1.29, 1.82) is 0 Å². The van der Waals surface area contributed by atoms with E-state index in [0.29, 0.717) is 10.8 Å². The molecular weight excluding hydrogens is 559 g/mol. The number of halogens is 2. The summed E-state index contributed by atoms with van der Waals surface area (Å²) in [4.78, 5) is 0. The van der Waals surface area contributed by atoms with Crippen LogP contribution in [0.4, 0.5) is 0 Å². The maximum absolute atomic E-state index is 5.62. The van der Waals surface area contributed by atoms with E-state index in [1.165, 1.54) is 11.1 Å². The van der Waals surface area contributed by atoms with Gasteiger partial charge in [0, 0.05) is 0 Å². The second kappa shape index (κ2) is 12.7. The van der Waals surface area contributed by atoms with Gasteiger partial charge in [0.1, 0.15) is 0 Å². The molecule has 0 aliphatic carbocycles. The van der Waals surface area contributed by atoms with Crippen LogP contribution < -0.4 is 10.4 Å². The first-order valence-corrected chi connectivity index (χ1v) is 31.1. The van der Waals surface area contributed by atoms with Crippen LogP contribution in [0.25, 0.3) is 0 Å². The molecule has 2 aromatic rings. The summed E-state index contributed by atoms with van der Waals surface area (Å²) in [6.45, 7) is 32.4. The molecule has 0 aromatic heterocycles. The van der Waals surface area contributed by atoms with E-state index in [1.54, 1.807) is 10.4 Å². The summed E-state index contributed by atoms with van der Waals surface area (Å²) in [6, 6.07) is 14.0. The van der Waals surface area contributed by atoms with E-state index in [0.717, 1.165) is 0 Å². The zero-order valence-electron chi connectivity index (χ0n) is 23.2. The molecule has 0 aliphatic heterocycles. The zero-order valence-corrected chi connectivity index (χ0v) is 30.2. The second-order valence-corrected chi connectivity index (χ2v) is 46.2. The van der Waals surface area contributed by atoms with E-state index in [4.69, 9.17) is 17.0 Å². The van der Waals surface area contributed by atoms with Crippen LogP contribution in [0.3, 0.4) is 0 Å². The minimum absolute atomic E-state index is 0.224. The van der Waals surface area contributed by atoms with Gasteiger partial charge in [-0.2, -0.15) is 45.8 Å². The molecule has 0 aliphatic rings. The van der Waals surface area contributed by atoms with Crippen molar-refractivity contribution in [3.63, 3.8) is 0 Å². The van der Waals surface area contributed by atoms with E-state index in [2.05, 4.69) is 130 Å². The second-order valence-electron chi connectivity index (χ2n) is 13.0. The maximum atomic E-state index is 5.62. The van der Waals surface area contributed by atoms with E-state index < -0.39 is 34.1 Å². The minimum atomic E-state index is -1.65. The summed E-state index contributed by atoms with van der Waals surface area (Å²) in [5, 5.41) is 3.16. The van der Waals surface area contributed by atoms with E-state index in [1.807, 2.05) is 0 Å². The predicted octanol–water partition coefficient (Wildman–Crippen LogP) is 8.66. The fourth-order valence-corrected chi connectivity index (χ4v) is 5.10. The van der Waals surface area contributed by atoms with Crippen molar-refractivity contribution in [1.82, 2.24) is 0 Å². The van der Waals surface area contributed by atoms with Gasteiger partial charge in [-0.25, -0.2) is 12.1 Å². The first-order valence-electron chi connectivity index (χ1n) is 11.6. The van der Waals surface area contributed by atoms with Crippen molar-refractivity contribution >= 4 is 49.0 Å². The van der Waals surface area contributed by atoms with Gasteiger partial charge >= 0.3 is 53.5 Å². The molecule has 0 spiro atoms. The molecule has 0 amide bonds. The van der Waals surface area contributed by atoms with Crippen molar-refractivity contribution in [2.45, 2.75) is 105 Å². The molecule has 0 unspecified atom stereocenters. The van der Waals surface area contributed by atoms with Gasteiger partial charge in [0.05, 0.1) is 16.1 Å². The van der Waals surface area contributed by atoms with Crippen LogP contribution in [-0.2, 0) is 28.8 Å². The van der Waals surface area contributed by atoms with Gasteiger partial charge in [0.25, 0.3) is 0 Å². The summed E-state index contributed by atoms with van der Waals surface area (Å²) < 4.78 is 0. The molecule has 0 fully saturated rings. The van der Waals surface area contributed by atoms with Gasteiger partial charge in [-0.1, -0.05) is 91.7 Å². The first-order chi connectivity index (χ1) is 14.1. The molecule has 0 saturated carbocycles. The van der Waals surface area contributed by atoms with E-state index in [9.17, 15) is 0 Å². The van der Waals surface area contributed by atoms with Gasteiger partial charge in [0.15, 0.2) is 0 Å². The molecule has 32 heavy (non-hydrogen) atoms. The standard InChI is InChI=1S/2C12H21Si.C2H6Si.2ClH.Zr/c2*1-12(2,3)10-7-8-11(9-10)13(4,5)6;1-3-2;;;/h2*7-9H,1-6H3;1-2H3;2*1H;/q2*-1;;;;+2/p-2. The van der Waals surface area contributed by atoms with Gasteiger partial charge in [0.2, 0.25) is 0 Å². The Labute approximate surface area is 217 Å². The molecule has 184 valence electrons. The number of hydrogen-bond donors (Lipinski definition) is 0. The summed E-state index contributed by atoms with van der Waals surface area (Å²) in [5.74, 6) is 0. The topological polar surface area (TPSA) is 0 Å². The molecule has 2 aromatic carbocycles. The Balaban J connectivity index is 0.000000484. The summed E-state index contributed by atoms with van der Waals surface area (Å²) in [6.07, 6.45) is 0. The van der Waals surface area contributed by atoms with Gasteiger partial charge in [-0.05, 0) is 0 Å². The molecule has 0 atom stereocenters. The third kappa shape index (κ3) is 12.5. The quantitative estimate of drug-likeness (QED) is 0.237. The summed E-state index contributed by atoms with van der Waals surface area (Å²) >= 11 is -1.65. The third-order valence-corrected chi connectivity index (χ3v) is 29.2. The first kappa shape index (κ1) is 32.8. The molecule has 2 rings (SSSR count). The van der Waals surface area contributed by atoms with E-state index >= 15 is 0 Å². The predicted molar refractivity (Wildman–Crippen MR) is 157 cm³/mol. The molecule has 0 N–H and O–H groups in total. The Bertz CT molecular complexity index is 727. The van der Waals surface area contributed by atoms with Crippen molar-refractivity contribution < 1.29 is 18.0 Å². The average Bonchev–Trinajstić information content (AvgIpc) is 3.24. The summed E-state index contributed by atoms with van der Waals surface area (Å²) in [7, 11) is 9.06. The van der Waals surface area contributed by atoms with Crippen LogP contribution in [0.5, 0.6) is 0 Å². The van der Waals surface area contributed by atoms with Crippen LogP contribution in [0.2, 0.25) is 52.4 Å². The Morgan fingerprint density at radius 3 is 1.03 bits per heavy atom. The Morgan fingerprint density at radius 1 is 0.688 bits per heavy atom. The Kier molecular flexibility index (Phi) is 13.0. The van der Waals surface area contributed by atoms with Crippen LogP contribution in [0, 0.1) is 0 Å². The molecule has 0 radical (unpaired) electrons. The normalized spacial score (nSPS) is 12.4. The molecule has 0 heterocycles. The van der Waals surface area contributed by atoms with Crippen molar-refractivity contribution in [3.05, 3.63) is 47.5 Å². The number of rotatable bonds is 2. The number of hydrogen-bond acceptors (Lipinski definition) is 0. The van der Waals surface area contributed by atoms with Gasteiger partial charge in [-0.3, -0.25) is 0 Å². The average molecular weight is 607 g/mol. The van der Waals surface area contributed by atoms with E-state index in [-0.39, 0.29) is 5.43 Å². The zero-order chi connectivity index (χ0) is 25.7. The SMILES string of the molecule is CC(C)(C)c1c[cH-]c([Si](C)(C)C)c1.CC(C)(C)c1c[cH-]c([Si](C)(C)C)c1.C[Si](C)=[Zr]([Cl])[Cl]. The fourth-order valence-electron chi connectivity index (χ4n) is 2.75. The monoisotopic (exact) mass is 604 g/mol. The Morgan fingerprint density at radius 2 is 0.938 bits per heavy atom. The third-order valence-electron chi connectivity index (χ3n) is 5.35. The van der Waals surface area contributed by atoms with Crippen LogP contribution in [0.1, 0.15) is 52.7 Å². The Hall–Kier alpha value is 0.814. The van der Waals surface area contributed by atoms with Crippen LogP contribution >= 0.6 is 17.0 Å². The molecular formula is C26H48Cl2Si3Zr-2. The van der Waals surface area contributed by atoms with Crippen molar-refractivity contribution in [2.24, 2.45) is 0 Å². The van der Waals surface area contributed by atoms with Crippen LogP contribution in [0.15, 0.2) is 36.4 Å².